The normalized spacial score (nSPS) is 11.4. The quantitative estimate of drug-likeness (QED) is 0.118. The van der Waals surface area contributed by atoms with Crippen molar-refractivity contribution in [1.82, 2.24) is 10.2 Å². The Kier molecular flexibility index (Phi) is 10.9. The van der Waals surface area contributed by atoms with Crippen molar-refractivity contribution in [2.45, 2.75) is 25.3 Å². The van der Waals surface area contributed by atoms with E-state index in [9.17, 15) is 18.5 Å². The number of anilines is 1. The first-order valence-electron chi connectivity index (χ1n) is 9.89. The number of benzene rings is 2. The summed E-state index contributed by atoms with van der Waals surface area (Å²) in [4.78, 5) is 17.3. The average Bonchev–Trinajstić information content (AvgIpc) is 2.71. The van der Waals surface area contributed by atoms with Crippen LogP contribution in [0.15, 0.2) is 52.4 Å². The highest BCUT2D eigenvalue weighted by atomic mass is 127. The van der Waals surface area contributed by atoms with Crippen LogP contribution in [0.1, 0.15) is 18.1 Å². The van der Waals surface area contributed by atoms with E-state index in [4.69, 9.17) is 0 Å². The molecule has 2 rings (SSSR count). The van der Waals surface area contributed by atoms with Crippen LogP contribution in [0.4, 0.5) is 11.4 Å². The van der Waals surface area contributed by atoms with Gasteiger partial charge in [0.25, 0.3) is 5.69 Å². The van der Waals surface area contributed by atoms with Crippen LogP contribution in [0, 0.1) is 17.0 Å². The van der Waals surface area contributed by atoms with Gasteiger partial charge in [-0.15, -0.1) is 24.0 Å². The fourth-order valence-electron chi connectivity index (χ4n) is 2.98. The van der Waals surface area contributed by atoms with E-state index in [-0.39, 0.29) is 40.2 Å². The molecule has 0 amide bonds. The van der Waals surface area contributed by atoms with E-state index >= 15 is 0 Å². The lowest BCUT2D eigenvalue weighted by Gasteiger charge is -2.23. The summed E-state index contributed by atoms with van der Waals surface area (Å²) in [5, 5.41) is 17.6. The number of hydrogen-bond donors (Lipinski definition) is 2. The van der Waals surface area contributed by atoms with E-state index in [2.05, 4.69) is 34.7 Å². The number of aryl methyl sites for hydroxylation is 1. The Morgan fingerprint density at radius 1 is 1.22 bits per heavy atom. The number of guanidine groups is 1. The van der Waals surface area contributed by atoms with Crippen molar-refractivity contribution in [3.05, 3.63) is 63.7 Å². The molecule has 0 radical (unpaired) electrons. The van der Waals surface area contributed by atoms with Crippen LogP contribution in [0.2, 0.25) is 0 Å². The smallest absolute Gasteiger partial charge is 0.293 e. The Labute approximate surface area is 206 Å². The first-order chi connectivity index (χ1) is 14.6. The number of nitro groups is 1. The number of aliphatic imine (C=N–C) groups is 1. The predicted molar refractivity (Wildman–Crippen MR) is 139 cm³/mol. The van der Waals surface area contributed by atoms with Crippen LogP contribution in [0.25, 0.3) is 0 Å². The zero-order valence-electron chi connectivity index (χ0n) is 18.7. The van der Waals surface area contributed by atoms with Crippen LogP contribution < -0.4 is 10.6 Å². The predicted octanol–water partition coefficient (Wildman–Crippen LogP) is 3.43. The molecule has 2 N–H and O–H groups in total. The van der Waals surface area contributed by atoms with Crippen molar-refractivity contribution in [2.24, 2.45) is 4.99 Å². The highest BCUT2D eigenvalue weighted by Gasteiger charge is 2.18. The lowest BCUT2D eigenvalue weighted by Crippen LogP contribution is -2.39. The zero-order valence-corrected chi connectivity index (χ0v) is 21.8. The molecular formula is C21H30IN5O4S. The average molecular weight is 575 g/mol. The van der Waals surface area contributed by atoms with Gasteiger partial charge in [-0.3, -0.25) is 15.1 Å². The number of rotatable bonds is 9. The Bertz CT molecular complexity index is 1060. The largest absolute Gasteiger partial charge is 0.378 e. The summed E-state index contributed by atoms with van der Waals surface area (Å²) in [5.74, 6) is 0.731. The number of nitro benzene ring substituents is 1. The fraction of sp³-hybridized carbons (Fsp3) is 0.381. The van der Waals surface area contributed by atoms with Crippen molar-refractivity contribution in [3.63, 3.8) is 0 Å². The first-order valence-corrected chi connectivity index (χ1v) is 11.8. The van der Waals surface area contributed by atoms with E-state index in [0.717, 1.165) is 18.3 Å². The molecule has 0 aliphatic rings. The zero-order chi connectivity index (χ0) is 23.0. The molecular weight excluding hydrogens is 545 g/mol. The van der Waals surface area contributed by atoms with Crippen LogP contribution in [0.3, 0.4) is 0 Å². The lowest BCUT2D eigenvalue weighted by molar-refractivity contribution is -0.384. The van der Waals surface area contributed by atoms with Gasteiger partial charge in [-0.25, -0.2) is 8.42 Å². The molecule has 0 aromatic heterocycles. The first kappa shape index (κ1) is 27.6. The summed E-state index contributed by atoms with van der Waals surface area (Å²) in [5.41, 5.74) is 2.38. The molecule has 2 aromatic carbocycles. The molecule has 0 unspecified atom stereocenters. The molecule has 0 spiro atoms. The fourth-order valence-corrected chi connectivity index (χ4v) is 3.62. The second-order valence-electron chi connectivity index (χ2n) is 7.15. The molecule has 0 aliphatic carbocycles. The maximum absolute atomic E-state index is 11.7. The van der Waals surface area contributed by atoms with Gasteiger partial charge >= 0.3 is 0 Å². The van der Waals surface area contributed by atoms with Gasteiger partial charge in [-0.2, -0.15) is 0 Å². The third-order valence-corrected chi connectivity index (χ3v) is 5.76. The summed E-state index contributed by atoms with van der Waals surface area (Å²) in [7, 11) is -1.57. The molecule has 0 saturated carbocycles. The van der Waals surface area contributed by atoms with Crippen LogP contribution in [0.5, 0.6) is 0 Å². The number of nitrogens with one attached hydrogen (secondary N) is 2. The van der Waals surface area contributed by atoms with E-state index in [1.165, 1.54) is 23.3 Å². The van der Waals surface area contributed by atoms with Gasteiger partial charge in [0.2, 0.25) is 0 Å². The van der Waals surface area contributed by atoms with Gasteiger partial charge in [0, 0.05) is 39.0 Å². The number of nitrogens with zero attached hydrogens (tertiary/aromatic N) is 3. The number of hydrogen-bond acceptors (Lipinski definition) is 6. The van der Waals surface area contributed by atoms with Crippen LogP contribution >= 0.6 is 24.0 Å². The molecule has 0 heterocycles. The number of halogens is 1. The maximum atomic E-state index is 11.7. The van der Waals surface area contributed by atoms with Gasteiger partial charge in [-0.1, -0.05) is 24.3 Å². The third-order valence-electron chi connectivity index (χ3n) is 4.65. The lowest BCUT2D eigenvalue weighted by atomic mass is 10.1. The molecule has 0 bridgehead atoms. The van der Waals surface area contributed by atoms with Crippen LogP contribution in [-0.2, 0) is 16.4 Å². The highest BCUT2D eigenvalue weighted by molar-refractivity contribution is 14.0. The van der Waals surface area contributed by atoms with Crippen molar-refractivity contribution in [1.29, 1.82) is 0 Å². The molecule has 0 aliphatic heterocycles. The van der Waals surface area contributed by atoms with E-state index in [0.29, 0.717) is 26.2 Å². The number of sulfone groups is 1. The minimum Gasteiger partial charge on any atom is -0.378 e. The second-order valence-corrected chi connectivity index (χ2v) is 9.17. The molecule has 0 atom stereocenters. The highest BCUT2D eigenvalue weighted by Crippen LogP contribution is 2.27. The molecule has 0 fully saturated rings. The summed E-state index contributed by atoms with van der Waals surface area (Å²) < 4.78 is 23.3. The molecule has 176 valence electrons. The molecule has 2 aromatic rings. The Hall–Kier alpha value is -2.41. The van der Waals surface area contributed by atoms with E-state index in [1.807, 2.05) is 31.0 Å². The summed E-state index contributed by atoms with van der Waals surface area (Å²) in [6.07, 6.45) is 1.02. The second kappa shape index (κ2) is 12.6. The Balaban J connectivity index is 0.00000512. The van der Waals surface area contributed by atoms with Crippen molar-refractivity contribution >= 4 is 51.1 Å². The Morgan fingerprint density at radius 3 is 2.50 bits per heavy atom. The van der Waals surface area contributed by atoms with Crippen LogP contribution in [-0.4, -0.2) is 57.1 Å². The minimum absolute atomic E-state index is 0. The Morgan fingerprint density at radius 2 is 1.91 bits per heavy atom. The van der Waals surface area contributed by atoms with Crippen molar-refractivity contribution in [3.8, 4) is 0 Å². The van der Waals surface area contributed by atoms with Gasteiger partial charge < -0.3 is 15.5 Å². The topological polar surface area (TPSA) is 117 Å². The SMILES string of the molecule is CCNC(=NCCNc1ccc(S(C)(=O)=O)cc1[N+](=O)[O-])N(C)Cc1ccccc1C.I. The third kappa shape index (κ3) is 7.93. The van der Waals surface area contributed by atoms with Gasteiger partial charge in [-0.05, 0) is 37.1 Å². The molecule has 32 heavy (non-hydrogen) atoms. The summed E-state index contributed by atoms with van der Waals surface area (Å²) >= 11 is 0. The van der Waals surface area contributed by atoms with Crippen molar-refractivity contribution in [2.75, 3.05) is 38.3 Å². The van der Waals surface area contributed by atoms with Gasteiger partial charge in [0.1, 0.15) is 5.69 Å². The van der Waals surface area contributed by atoms with Gasteiger partial charge in [0.05, 0.1) is 16.4 Å². The summed E-state index contributed by atoms with van der Waals surface area (Å²) in [6.45, 7) is 6.20. The van der Waals surface area contributed by atoms with E-state index < -0.39 is 14.8 Å². The molecule has 9 nitrogen and oxygen atoms in total. The molecule has 0 saturated heterocycles. The molecule has 11 heteroatoms. The summed E-state index contributed by atoms with van der Waals surface area (Å²) in [6, 6.07) is 12.0. The monoisotopic (exact) mass is 575 g/mol. The standard InChI is InChI=1S/C21H29N5O4S.HI/c1-5-22-21(25(3)15-17-9-7-6-8-16(17)2)24-13-12-23-19-11-10-18(31(4,29)30)14-20(19)26(27)28;/h6-11,14,23H,5,12-13,15H2,1-4H3,(H,22,24);1H. The maximum Gasteiger partial charge on any atom is 0.293 e. The van der Waals surface area contributed by atoms with Gasteiger partial charge in [0.15, 0.2) is 15.8 Å². The van der Waals surface area contributed by atoms with Crippen molar-refractivity contribution < 1.29 is 13.3 Å². The van der Waals surface area contributed by atoms with E-state index in [1.54, 1.807) is 0 Å². The minimum atomic E-state index is -3.52.